The third kappa shape index (κ3) is 7.09. The molecular formula is C11H22N2O3. The van der Waals surface area contributed by atoms with Gasteiger partial charge in [0.25, 0.3) is 0 Å². The van der Waals surface area contributed by atoms with Crippen molar-refractivity contribution in [1.29, 1.82) is 0 Å². The van der Waals surface area contributed by atoms with Crippen molar-refractivity contribution >= 4 is 12.0 Å². The van der Waals surface area contributed by atoms with Gasteiger partial charge in [-0.1, -0.05) is 20.3 Å². The summed E-state index contributed by atoms with van der Waals surface area (Å²) in [6, 6.07) is 0. The standard InChI is InChI=1S/C11H22N2O3/c1-4-6-9(3)10(14)12-7-8-13-11(15)16-5-2/h9H,4-8H2,1-3H3,(H,12,14)(H,13,15)/t9-/m1/s1. The number of carbonyl (C=O) groups excluding carboxylic acids is 2. The first-order valence-electron chi connectivity index (χ1n) is 5.80. The molecule has 0 saturated heterocycles. The van der Waals surface area contributed by atoms with Crippen molar-refractivity contribution in [3.63, 3.8) is 0 Å². The number of amides is 2. The maximum atomic E-state index is 11.4. The Morgan fingerprint density at radius 3 is 2.38 bits per heavy atom. The average molecular weight is 230 g/mol. The number of rotatable bonds is 7. The SMILES string of the molecule is CCC[C@@H](C)C(=O)NCCNC(=O)OCC. The lowest BCUT2D eigenvalue weighted by atomic mass is 10.1. The van der Waals surface area contributed by atoms with Crippen LogP contribution in [-0.2, 0) is 9.53 Å². The molecule has 0 spiro atoms. The summed E-state index contributed by atoms with van der Waals surface area (Å²) < 4.78 is 4.67. The summed E-state index contributed by atoms with van der Waals surface area (Å²) in [6.45, 7) is 6.87. The van der Waals surface area contributed by atoms with Crippen LogP contribution in [0.25, 0.3) is 0 Å². The van der Waals surface area contributed by atoms with Crippen LogP contribution in [0.1, 0.15) is 33.6 Å². The Balaban J connectivity index is 3.51. The van der Waals surface area contributed by atoms with Crippen molar-refractivity contribution in [3.8, 4) is 0 Å². The molecule has 0 unspecified atom stereocenters. The van der Waals surface area contributed by atoms with Crippen LogP contribution in [0.2, 0.25) is 0 Å². The van der Waals surface area contributed by atoms with Gasteiger partial charge < -0.3 is 15.4 Å². The van der Waals surface area contributed by atoms with E-state index in [1.807, 2.05) is 13.8 Å². The van der Waals surface area contributed by atoms with E-state index in [0.29, 0.717) is 19.7 Å². The molecule has 2 amide bonds. The van der Waals surface area contributed by atoms with Gasteiger partial charge in [-0.05, 0) is 13.3 Å². The quantitative estimate of drug-likeness (QED) is 0.647. The van der Waals surface area contributed by atoms with Crippen molar-refractivity contribution in [3.05, 3.63) is 0 Å². The normalized spacial score (nSPS) is 11.7. The molecule has 0 aliphatic carbocycles. The van der Waals surface area contributed by atoms with Crippen molar-refractivity contribution in [2.75, 3.05) is 19.7 Å². The minimum atomic E-state index is -0.446. The van der Waals surface area contributed by atoms with Crippen LogP contribution in [-0.4, -0.2) is 31.7 Å². The van der Waals surface area contributed by atoms with E-state index in [2.05, 4.69) is 15.4 Å². The van der Waals surface area contributed by atoms with Gasteiger partial charge in [-0.2, -0.15) is 0 Å². The Hall–Kier alpha value is -1.26. The predicted octanol–water partition coefficient (Wildman–Crippen LogP) is 1.28. The van der Waals surface area contributed by atoms with Gasteiger partial charge in [0.2, 0.25) is 5.91 Å². The molecule has 0 heterocycles. The zero-order chi connectivity index (χ0) is 12.4. The van der Waals surface area contributed by atoms with Gasteiger partial charge in [0, 0.05) is 19.0 Å². The molecule has 0 aliphatic rings. The first-order valence-corrected chi connectivity index (χ1v) is 5.80. The number of alkyl carbamates (subject to hydrolysis) is 1. The Bertz CT molecular complexity index is 219. The molecule has 0 saturated carbocycles. The molecule has 5 nitrogen and oxygen atoms in total. The van der Waals surface area contributed by atoms with Crippen LogP contribution in [0, 0.1) is 5.92 Å². The van der Waals surface area contributed by atoms with Gasteiger partial charge in [0.1, 0.15) is 0 Å². The molecule has 0 aromatic carbocycles. The summed E-state index contributed by atoms with van der Waals surface area (Å²) in [5.74, 6) is 0.0695. The Morgan fingerprint density at radius 2 is 1.81 bits per heavy atom. The molecule has 2 N–H and O–H groups in total. The van der Waals surface area contributed by atoms with Crippen LogP contribution in [0.15, 0.2) is 0 Å². The van der Waals surface area contributed by atoms with E-state index < -0.39 is 6.09 Å². The van der Waals surface area contributed by atoms with E-state index in [1.54, 1.807) is 6.92 Å². The van der Waals surface area contributed by atoms with E-state index in [0.717, 1.165) is 12.8 Å². The van der Waals surface area contributed by atoms with E-state index >= 15 is 0 Å². The van der Waals surface area contributed by atoms with Crippen LogP contribution < -0.4 is 10.6 Å². The van der Waals surface area contributed by atoms with Gasteiger partial charge in [-0.25, -0.2) is 4.79 Å². The van der Waals surface area contributed by atoms with Crippen molar-refractivity contribution < 1.29 is 14.3 Å². The summed E-state index contributed by atoms with van der Waals surface area (Å²) in [7, 11) is 0. The number of hydrogen-bond acceptors (Lipinski definition) is 3. The second kappa shape index (κ2) is 9.00. The number of hydrogen-bond donors (Lipinski definition) is 2. The molecule has 0 rings (SSSR count). The van der Waals surface area contributed by atoms with E-state index in [1.165, 1.54) is 0 Å². The Labute approximate surface area is 96.9 Å². The molecule has 0 aliphatic heterocycles. The minimum Gasteiger partial charge on any atom is -0.450 e. The zero-order valence-corrected chi connectivity index (χ0v) is 10.3. The molecule has 0 aromatic rings. The monoisotopic (exact) mass is 230 g/mol. The molecule has 5 heteroatoms. The van der Waals surface area contributed by atoms with E-state index in [9.17, 15) is 9.59 Å². The lowest BCUT2D eigenvalue weighted by Crippen LogP contribution is -2.37. The first kappa shape index (κ1) is 14.7. The summed E-state index contributed by atoms with van der Waals surface area (Å²) in [5.41, 5.74) is 0. The molecule has 1 atom stereocenters. The molecule has 0 aromatic heterocycles. The zero-order valence-electron chi connectivity index (χ0n) is 10.3. The highest BCUT2D eigenvalue weighted by molar-refractivity contribution is 5.78. The Kier molecular flexibility index (Phi) is 8.29. The van der Waals surface area contributed by atoms with Gasteiger partial charge >= 0.3 is 6.09 Å². The molecule has 16 heavy (non-hydrogen) atoms. The van der Waals surface area contributed by atoms with Gasteiger partial charge in [-0.3, -0.25) is 4.79 Å². The fraction of sp³-hybridized carbons (Fsp3) is 0.818. The fourth-order valence-corrected chi connectivity index (χ4v) is 1.27. The predicted molar refractivity (Wildman–Crippen MR) is 62.1 cm³/mol. The summed E-state index contributed by atoms with van der Waals surface area (Å²) in [5, 5.41) is 5.29. The second-order valence-electron chi connectivity index (χ2n) is 3.63. The molecular weight excluding hydrogens is 208 g/mol. The largest absolute Gasteiger partial charge is 0.450 e. The highest BCUT2D eigenvalue weighted by Crippen LogP contribution is 2.03. The van der Waals surface area contributed by atoms with Gasteiger partial charge in [0.05, 0.1) is 6.61 Å². The summed E-state index contributed by atoms with van der Waals surface area (Å²) in [4.78, 5) is 22.3. The van der Waals surface area contributed by atoms with Gasteiger partial charge in [0.15, 0.2) is 0 Å². The molecule has 0 bridgehead atoms. The van der Waals surface area contributed by atoms with Gasteiger partial charge in [-0.15, -0.1) is 0 Å². The van der Waals surface area contributed by atoms with E-state index in [-0.39, 0.29) is 11.8 Å². The first-order chi connectivity index (χ1) is 7.61. The smallest absolute Gasteiger partial charge is 0.407 e. The number of ether oxygens (including phenoxy) is 1. The average Bonchev–Trinajstić information content (AvgIpc) is 2.24. The molecule has 0 fully saturated rings. The van der Waals surface area contributed by atoms with Crippen molar-refractivity contribution in [1.82, 2.24) is 10.6 Å². The fourth-order valence-electron chi connectivity index (χ4n) is 1.27. The second-order valence-corrected chi connectivity index (χ2v) is 3.63. The maximum Gasteiger partial charge on any atom is 0.407 e. The number of nitrogens with one attached hydrogen (secondary N) is 2. The topological polar surface area (TPSA) is 67.4 Å². The minimum absolute atomic E-state index is 0.0347. The molecule has 94 valence electrons. The van der Waals surface area contributed by atoms with Crippen molar-refractivity contribution in [2.24, 2.45) is 5.92 Å². The molecule has 0 radical (unpaired) electrons. The highest BCUT2D eigenvalue weighted by atomic mass is 16.5. The van der Waals surface area contributed by atoms with Crippen LogP contribution >= 0.6 is 0 Å². The lowest BCUT2D eigenvalue weighted by molar-refractivity contribution is -0.124. The lowest BCUT2D eigenvalue weighted by Gasteiger charge is -2.11. The maximum absolute atomic E-state index is 11.4. The van der Waals surface area contributed by atoms with E-state index in [4.69, 9.17) is 0 Å². The third-order valence-corrected chi connectivity index (χ3v) is 2.14. The van der Waals surface area contributed by atoms with Crippen LogP contribution in [0.4, 0.5) is 4.79 Å². The number of carbonyl (C=O) groups is 2. The third-order valence-electron chi connectivity index (χ3n) is 2.14. The Morgan fingerprint density at radius 1 is 1.19 bits per heavy atom. The highest BCUT2D eigenvalue weighted by Gasteiger charge is 2.10. The van der Waals surface area contributed by atoms with Crippen LogP contribution in [0.3, 0.4) is 0 Å². The summed E-state index contributed by atoms with van der Waals surface area (Å²) in [6.07, 6.45) is 1.44. The van der Waals surface area contributed by atoms with Crippen molar-refractivity contribution in [2.45, 2.75) is 33.6 Å². The van der Waals surface area contributed by atoms with Crippen LogP contribution in [0.5, 0.6) is 0 Å². The summed E-state index contributed by atoms with van der Waals surface area (Å²) >= 11 is 0.